The van der Waals surface area contributed by atoms with E-state index >= 15 is 0 Å². The summed E-state index contributed by atoms with van der Waals surface area (Å²) in [6, 6.07) is 0. The first-order valence-electron chi connectivity index (χ1n) is 0. The fourth-order valence-electron chi connectivity index (χ4n) is 0. The summed E-state index contributed by atoms with van der Waals surface area (Å²) in [5.41, 5.74) is 0. The molecule has 6 heavy (non-hydrogen) atoms. The van der Waals surface area contributed by atoms with Gasteiger partial charge in [0.2, 0.25) is 0 Å². The third-order valence-corrected chi connectivity index (χ3v) is 0. The van der Waals surface area contributed by atoms with Gasteiger partial charge >= 0.3 is 170 Å². The van der Waals surface area contributed by atoms with Crippen molar-refractivity contribution in [1.29, 1.82) is 0 Å². The summed E-state index contributed by atoms with van der Waals surface area (Å²) in [5.74, 6) is 0. The van der Waals surface area contributed by atoms with Crippen LogP contribution < -0.4 is 0 Å². The van der Waals surface area contributed by atoms with E-state index in [0.717, 1.165) is 0 Å². The molecule has 0 heterocycles. The van der Waals surface area contributed by atoms with Crippen LogP contribution >= 0.6 is 0 Å². The van der Waals surface area contributed by atoms with E-state index in [4.69, 9.17) is 0 Å². The van der Waals surface area contributed by atoms with Crippen LogP contribution in [0.1, 0.15) is 0 Å². The summed E-state index contributed by atoms with van der Waals surface area (Å²) in [7, 11) is 0. The van der Waals surface area contributed by atoms with E-state index < -0.39 is 0 Å². The Balaban J connectivity index is 0. The molecule has 0 N–H and O–H groups in total. The van der Waals surface area contributed by atoms with Crippen LogP contribution in [0.2, 0.25) is 0 Å². The maximum Gasteiger partial charge on any atom is 3.00 e. The van der Waals surface area contributed by atoms with Crippen molar-refractivity contribution in [2.45, 2.75) is 0 Å². The molecule has 0 rings (SSSR count). The summed E-state index contributed by atoms with van der Waals surface area (Å²) in [6.07, 6.45) is 0. The number of hydrogen-bond acceptors (Lipinski definition) is 0. The zero-order chi connectivity index (χ0) is 0. The predicted molar refractivity (Wildman–Crippen MR) is 12.2 cm³/mol. The molecule has 0 aromatic heterocycles. The van der Waals surface area contributed by atoms with E-state index in [1.807, 2.05) is 0 Å². The molecule has 0 fully saturated rings. The molecule has 0 spiro atoms. The zero-order valence-corrected chi connectivity index (χ0v) is 16.9. The van der Waals surface area contributed by atoms with Crippen molar-refractivity contribution in [3.8, 4) is 0 Å². The van der Waals surface area contributed by atoms with Gasteiger partial charge in [-0.3, -0.25) is 0 Å². The fourth-order valence-corrected chi connectivity index (χ4v) is 0. The van der Waals surface area contributed by atoms with Gasteiger partial charge < -0.3 is 5.48 Å². The predicted octanol–water partition coefficient (Wildman–Crippen LogP) is -0.885. The Morgan fingerprint density at radius 1 is 1.00 bits per heavy atom. The fraction of sp³-hybridized carbons (Fsp3) is 0. The van der Waals surface area contributed by atoms with Crippen molar-refractivity contribution in [3.05, 3.63) is 0 Å². The van der Waals surface area contributed by atoms with Crippen LogP contribution in [0.4, 0.5) is 0 Å². The molecule has 0 atom stereocenters. The molecule has 1 radical (unpaired) electrons. The van der Waals surface area contributed by atoms with Gasteiger partial charge in [0.25, 0.3) is 0 Å². The average molecular weight is 497 g/mol. The first-order valence-corrected chi connectivity index (χ1v) is 0. The summed E-state index contributed by atoms with van der Waals surface area (Å²) in [5, 5.41) is 0. The summed E-state index contributed by atoms with van der Waals surface area (Å²) < 4.78 is 0. The molecule has 0 aliphatic heterocycles. The van der Waals surface area contributed by atoms with Gasteiger partial charge in [-0.15, -0.1) is 0 Å². The van der Waals surface area contributed by atoms with Crippen molar-refractivity contribution in [2.24, 2.45) is 0 Å². The smallest absolute Gasteiger partial charge is 2.00 e. The second kappa shape index (κ2) is 31.5. The molecule has 0 amide bonds. The van der Waals surface area contributed by atoms with Crippen LogP contribution in [0, 0.1) is 41.3 Å². The monoisotopic (exact) mass is 498 g/mol. The van der Waals surface area contributed by atoms with Gasteiger partial charge in [0.15, 0.2) is 0 Å². The molecular weight excluding hydrogens is 497 g/mol. The van der Waals surface area contributed by atoms with E-state index in [2.05, 4.69) is 0 Å². The first kappa shape index (κ1) is 42.3. The van der Waals surface area contributed by atoms with Crippen LogP contribution in [-0.2, 0) is 39.3 Å². The van der Waals surface area contributed by atoms with Gasteiger partial charge in [-0.25, -0.2) is 0 Å². The van der Waals surface area contributed by atoms with Gasteiger partial charge in [0.1, 0.15) is 0 Å². The van der Waals surface area contributed by atoms with Crippen LogP contribution in [0.25, 0.3) is 0 Å². The van der Waals surface area contributed by atoms with Gasteiger partial charge in [-0.05, 0) is 0 Å². The molecule has 0 aliphatic rings. The third-order valence-electron chi connectivity index (χ3n) is 0. The standard InChI is InChI=1S/Ba.Co.Fe.O.Pr.Sr/q3*+2;-2;+3;+2. The second-order valence-electron chi connectivity index (χ2n) is 0. The van der Waals surface area contributed by atoms with Gasteiger partial charge in [0, 0.05) is 0 Å². The molecule has 0 saturated carbocycles. The van der Waals surface area contributed by atoms with Crippen molar-refractivity contribution in [2.75, 3.05) is 0 Å². The molecular formula is BaCoFeOPrSr+9. The zero-order valence-electron chi connectivity index (χ0n) is 3.09. The maximum absolute atomic E-state index is 0. The molecule has 6 heteroatoms. The van der Waals surface area contributed by atoms with Crippen molar-refractivity contribution >= 4 is 94.4 Å². The minimum absolute atomic E-state index is 0. The van der Waals surface area contributed by atoms with Crippen LogP contribution in [0.3, 0.4) is 0 Å². The van der Waals surface area contributed by atoms with Gasteiger partial charge in [-0.2, -0.15) is 0 Å². The van der Waals surface area contributed by atoms with E-state index in [0.29, 0.717) is 0 Å². The van der Waals surface area contributed by atoms with E-state index in [-0.39, 0.29) is 175 Å². The minimum Gasteiger partial charge on any atom is -2.00 e. The maximum atomic E-state index is 0. The van der Waals surface area contributed by atoms with Crippen LogP contribution in [0.15, 0.2) is 0 Å². The Morgan fingerprint density at radius 2 is 1.00 bits per heavy atom. The second-order valence-corrected chi connectivity index (χ2v) is 0. The van der Waals surface area contributed by atoms with Crippen LogP contribution in [0.5, 0.6) is 0 Å². The molecule has 21 valence electrons. The SMILES string of the molecule is [Ba+2].[Co+2].[Fe+2].[O-2].[Pr+3].[Sr+2]. The normalized spacial score (nSPS) is 0. The van der Waals surface area contributed by atoms with E-state index in [1.54, 1.807) is 0 Å². The molecule has 0 bridgehead atoms. The largest absolute Gasteiger partial charge is 3.00 e. The molecule has 0 aromatic carbocycles. The van der Waals surface area contributed by atoms with Gasteiger partial charge in [-0.1, -0.05) is 0 Å². The van der Waals surface area contributed by atoms with Crippen molar-refractivity contribution in [3.63, 3.8) is 0 Å². The van der Waals surface area contributed by atoms with Crippen LogP contribution in [-0.4, -0.2) is 94.4 Å². The average Bonchev–Trinajstić information content (AvgIpc) is 0. The molecule has 0 saturated heterocycles. The Bertz CT molecular complexity index is 15.5. The Labute approximate surface area is 169 Å². The molecule has 1 nitrogen and oxygen atoms in total. The Hall–Kier alpha value is 5.40. The quantitative estimate of drug-likeness (QED) is 0.390. The summed E-state index contributed by atoms with van der Waals surface area (Å²) in [4.78, 5) is 0. The number of rotatable bonds is 0. The third kappa shape index (κ3) is 22.7. The number of hydrogen-bond donors (Lipinski definition) is 0. The first-order chi connectivity index (χ1) is 0. The summed E-state index contributed by atoms with van der Waals surface area (Å²) >= 11 is 0. The Morgan fingerprint density at radius 3 is 1.00 bits per heavy atom. The topological polar surface area (TPSA) is 28.5 Å². The molecule has 0 aliphatic carbocycles. The Kier molecular flexibility index (Phi) is 222. The molecule has 0 unspecified atom stereocenters. The minimum atomic E-state index is 0. The van der Waals surface area contributed by atoms with Crippen molar-refractivity contribution < 1.29 is 80.6 Å². The summed E-state index contributed by atoms with van der Waals surface area (Å²) in [6.45, 7) is 0. The van der Waals surface area contributed by atoms with E-state index in [9.17, 15) is 0 Å². The van der Waals surface area contributed by atoms with Gasteiger partial charge in [0.05, 0.1) is 0 Å². The molecule has 0 aromatic rings. The van der Waals surface area contributed by atoms with E-state index in [1.165, 1.54) is 0 Å². The van der Waals surface area contributed by atoms with Crippen molar-refractivity contribution in [1.82, 2.24) is 0 Å².